The van der Waals surface area contributed by atoms with Crippen LogP contribution in [0, 0.1) is 0 Å². The maximum atomic E-state index is 11.1. The van der Waals surface area contributed by atoms with E-state index in [4.69, 9.17) is 0 Å². The second kappa shape index (κ2) is 2.22. The molecule has 1 atom stereocenters. The average Bonchev–Trinajstić information content (AvgIpc) is 2.33. The van der Waals surface area contributed by atoms with Crippen LogP contribution in [0.3, 0.4) is 0 Å². The van der Waals surface area contributed by atoms with Gasteiger partial charge in [0.1, 0.15) is 0 Å². The summed E-state index contributed by atoms with van der Waals surface area (Å²) in [6, 6.07) is 0.278. The molecule has 2 fully saturated rings. The fourth-order valence-corrected chi connectivity index (χ4v) is 1.66. The second-order valence-electron chi connectivity index (χ2n) is 3.02. The zero-order valence-electron chi connectivity index (χ0n) is 6.17. The molecule has 2 amide bonds. The number of amides is 2. The summed E-state index contributed by atoms with van der Waals surface area (Å²) in [7, 11) is 0. The molecule has 0 radical (unpaired) electrons. The Bertz CT molecular complexity index is 214. The Morgan fingerprint density at radius 1 is 1.45 bits per heavy atom. The summed E-state index contributed by atoms with van der Waals surface area (Å²) < 4.78 is 0. The highest BCUT2D eigenvalue weighted by atomic mass is 16.2. The van der Waals surface area contributed by atoms with Crippen LogP contribution in [0.2, 0.25) is 0 Å². The van der Waals surface area contributed by atoms with Crippen LogP contribution in [-0.2, 0) is 9.59 Å². The summed E-state index contributed by atoms with van der Waals surface area (Å²) >= 11 is 0. The molecule has 0 spiro atoms. The summed E-state index contributed by atoms with van der Waals surface area (Å²) in [5.41, 5.74) is 0. The van der Waals surface area contributed by atoms with Gasteiger partial charge < -0.3 is 10.2 Å². The Morgan fingerprint density at radius 3 is 3.09 bits per heavy atom. The van der Waals surface area contributed by atoms with Gasteiger partial charge in [0, 0.05) is 13.0 Å². The first-order chi connectivity index (χ1) is 5.27. The molecule has 11 heavy (non-hydrogen) atoms. The van der Waals surface area contributed by atoms with Gasteiger partial charge in [0.25, 0.3) is 0 Å². The molecule has 2 saturated heterocycles. The van der Waals surface area contributed by atoms with Crippen LogP contribution in [0.1, 0.15) is 12.8 Å². The number of nitrogens with zero attached hydrogens (tertiary/aromatic N) is 1. The third-order valence-electron chi connectivity index (χ3n) is 2.30. The summed E-state index contributed by atoms with van der Waals surface area (Å²) in [5, 5.41) is 2.74. The Hall–Kier alpha value is -1.06. The van der Waals surface area contributed by atoms with Crippen molar-refractivity contribution in [1.82, 2.24) is 10.2 Å². The summed E-state index contributed by atoms with van der Waals surface area (Å²) in [4.78, 5) is 23.6. The highest BCUT2D eigenvalue weighted by molar-refractivity contribution is 5.87. The molecule has 2 aliphatic rings. The van der Waals surface area contributed by atoms with Crippen molar-refractivity contribution < 1.29 is 9.59 Å². The van der Waals surface area contributed by atoms with E-state index in [9.17, 15) is 9.59 Å². The maximum absolute atomic E-state index is 11.1. The SMILES string of the molecule is O=C1CN2C(=O)CC[C@H]2CN1. The quantitative estimate of drug-likeness (QED) is 0.492. The second-order valence-corrected chi connectivity index (χ2v) is 3.02. The molecule has 2 rings (SSSR count). The molecule has 0 saturated carbocycles. The molecule has 0 bridgehead atoms. The Morgan fingerprint density at radius 2 is 2.27 bits per heavy atom. The van der Waals surface area contributed by atoms with Crippen LogP contribution in [0.25, 0.3) is 0 Å². The van der Waals surface area contributed by atoms with Crippen LogP contribution in [0.4, 0.5) is 0 Å². The van der Waals surface area contributed by atoms with E-state index in [-0.39, 0.29) is 24.4 Å². The molecule has 0 aromatic rings. The van der Waals surface area contributed by atoms with Crippen LogP contribution >= 0.6 is 0 Å². The lowest BCUT2D eigenvalue weighted by Gasteiger charge is -2.29. The van der Waals surface area contributed by atoms with Gasteiger partial charge in [-0.25, -0.2) is 0 Å². The highest BCUT2D eigenvalue weighted by Crippen LogP contribution is 2.19. The minimum atomic E-state index is -0.0310. The highest BCUT2D eigenvalue weighted by Gasteiger charge is 2.35. The summed E-state index contributed by atoms with van der Waals surface area (Å²) in [6.07, 6.45) is 1.51. The monoisotopic (exact) mass is 154 g/mol. The molecule has 4 nitrogen and oxygen atoms in total. The predicted molar refractivity (Wildman–Crippen MR) is 37.7 cm³/mol. The minimum absolute atomic E-state index is 0.0310. The largest absolute Gasteiger partial charge is 0.352 e. The molecule has 2 aliphatic heterocycles. The molecule has 0 aromatic carbocycles. The van der Waals surface area contributed by atoms with Gasteiger partial charge in [0.2, 0.25) is 11.8 Å². The zero-order valence-corrected chi connectivity index (χ0v) is 6.17. The normalized spacial score (nSPS) is 30.2. The first-order valence-corrected chi connectivity index (χ1v) is 3.83. The number of carbonyl (C=O) groups excluding carboxylic acids is 2. The first-order valence-electron chi connectivity index (χ1n) is 3.83. The van der Waals surface area contributed by atoms with E-state index in [1.54, 1.807) is 4.90 Å². The van der Waals surface area contributed by atoms with Crippen molar-refractivity contribution in [2.45, 2.75) is 18.9 Å². The molecule has 0 unspecified atom stereocenters. The molecule has 0 aromatic heterocycles. The smallest absolute Gasteiger partial charge is 0.239 e. The number of hydrogen-bond donors (Lipinski definition) is 1. The van der Waals surface area contributed by atoms with Crippen molar-refractivity contribution in [3.63, 3.8) is 0 Å². The van der Waals surface area contributed by atoms with Gasteiger partial charge in [0.15, 0.2) is 0 Å². The van der Waals surface area contributed by atoms with Crippen LogP contribution in [0.5, 0.6) is 0 Å². The van der Waals surface area contributed by atoms with Gasteiger partial charge in [-0.2, -0.15) is 0 Å². The fourth-order valence-electron chi connectivity index (χ4n) is 1.66. The lowest BCUT2D eigenvalue weighted by atomic mass is 10.2. The van der Waals surface area contributed by atoms with E-state index in [2.05, 4.69) is 5.32 Å². The minimum Gasteiger partial charge on any atom is -0.352 e. The molecule has 4 heteroatoms. The lowest BCUT2D eigenvalue weighted by Crippen LogP contribution is -2.52. The fraction of sp³-hybridized carbons (Fsp3) is 0.714. The number of hydrogen-bond acceptors (Lipinski definition) is 2. The van der Waals surface area contributed by atoms with Gasteiger partial charge in [-0.05, 0) is 6.42 Å². The van der Waals surface area contributed by atoms with Crippen molar-refractivity contribution in [3.8, 4) is 0 Å². The molecular formula is C7H10N2O2. The number of nitrogens with one attached hydrogen (secondary N) is 1. The van der Waals surface area contributed by atoms with Gasteiger partial charge in [0.05, 0.1) is 12.6 Å². The van der Waals surface area contributed by atoms with E-state index < -0.39 is 0 Å². The molecular weight excluding hydrogens is 144 g/mol. The molecule has 0 aliphatic carbocycles. The molecule has 60 valence electrons. The van der Waals surface area contributed by atoms with Crippen LogP contribution in [0.15, 0.2) is 0 Å². The van der Waals surface area contributed by atoms with E-state index in [0.29, 0.717) is 13.0 Å². The number of carbonyl (C=O) groups is 2. The Kier molecular flexibility index (Phi) is 1.34. The third kappa shape index (κ3) is 0.982. The van der Waals surface area contributed by atoms with E-state index in [0.717, 1.165) is 6.42 Å². The van der Waals surface area contributed by atoms with Gasteiger partial charge in [-0.1, -0.05) is 0 Å². The Balaban J connectivity index is 2.13. The maximum Gasteiger partial charge on any atom is 0.239 e. The van der Waals surface area contributed by atoms with E-state index in [1.165, 1.54) is 0 Å². The van der Waals surface area contributed by atoms with Crippen molar-refractivity contribution in [2.24, 2.45) is 0 Å². The topological polar surface area (TPSA) is 49.4 Å². The lowest BCUT2D eigenvalue weighted by molar-refractivity contribution is -0.136. The van der Waals surface area contributed by atoms with Crippen molar-refractivity contribution in [3.05, 3.63) is 0 Å². The third-order valence-corrected chi connectivity index (χ3v) is 2.30. The first kappa shape index (κ1) is 6.64. The standard InChI is InChI=1S/C7H10N2O2/c10-6-4-9-5(3-8-6)1-2-7(9)11/h5H,1-4H2,(H,8,10)/t5-/m0/s1. The Labute approximate surface area is 64.5 Å². The van der Waals surface area contributed by atoms with E-state index in [1.807, 2.05) is 0 Å². The summed E-state index contributed by atoms with van der Waals surface area (Å²) in [5.74, 6) is 0.0985. The van der Waals surface area contributed by atoms with Crippen LogP contribution in [-0.4, -0.2) is 35.8 Å². The van der Waals surface area contributed by atoms with E-state index >= 15 is 0 Å². The predicted octanol–water partition coefficient (Wildman–Crippen LogP) is -0.893. The van der Waals surface area contributed by atoms with Gasteiger partial charge in [-0.15, -0.1) is 0 Å². The van der Waals surface area contributed by atoms with Crippen molar-refractivity contribution in [2.75, 3.05) is 13.1 Å². The van der Waals surface area contributed by atoms with Gasteiger partial charge in [-0.3, -0.25) is 9.59 Å². The van der Waals surface area contributed by atoms with Crippen molar-refractivity contribution in [1.29, 1.82) is 0 Å². The summed E-state index contributed by atoms with van der Waals surface area (Å²) in [6.45, 7) is 0.911. The van der Waals surface area contributed by atoms with Crippen LogP contribution < -0.4 is 5.32 Å². The number of rotatable bonds is 0. The average molecular weight is 154 g/mol. The molecule has 1 N–H and O–H groups in total. The van der Waals surface area contributed by atoms with Gasteiger partial charge >= 0.3 is 0 Å². The van der Waals surface area contributed by atoms with Crippen molar-refractivity contribution >= 4 is 11.8 Å². The zero-order chi connectivity index (χ0) is 7.84. The number of piperazine rings is 1. The number of fused-ring (bicyclic) bond motifs is 1. The molecule has 2 heterocycles.